The first-order chi connectivity index (χ1) is 8.24. The minimum atomic E-state index is 0.253. The smallest absolute Gasteiger partial charge is 0.176 e. The lowest BCUT2D eigenvalue weighted by Crippen LogP contribution is -2.29. The summed E-state index contributed by atoms with van der Waals surface area (Å²) in [5.41, 5.74) is 3.71. The third-order valence-corrected chi connectivity index (χ3v) is 3.68. The Morgan fingerprint density at radius 3 is 2.59 bits per heavy atom. The van der Waals surface area contributed by atoms with Crippen molar-refractivity contribution < 1.29 is 4.79 Å². The maximum atomic E-state index is 12.1. The van der Waals surface area contributed by atoms with Crippen LogP contribution in [0.3, 0.4) is 0 Å². The maximum absolute atomic E-state index is 12.1. The van der Waals surface area contributed by atoms with Gasteiger partial charge in [-0.1, -0.05) is 26.0 Å². The van der Waals surface area contributed by atoms with Crippen LogP contribution in [0.1, 0.15) is 41.8 Å². The summed E-state index contributed by atoms with van der Waals surface area (Å²) in [6.07, 6.45) is 3.56. The molecule has 0 aliphatic heterocycles. The number of hydrogen-bond donors (Lipinski definition) is 0. The molecule has 1 aliphatic rings. The van der Waals surface area contributed by atoms with Crippen molar-refractivity contribution >= 4 is 5.78 Å². The average molecular weight is 231 g/mol. The van der Waals surface area contributed by atoms with Gasteiger partial charge in [0.1, 0.15) is 0 Å². The Labute approximate surface area is 104 Å². The molecule has 17 heavy (non-hydrogen) atoms. The zero-order valence-electron chi connectivity index (χ0n) is 10.8. The number of nitrogens with zero attached hydrogens (tertiary/aromatic N) is 1. The van der Waals surface area contributed by atoms with Gasteiger partial charge in [0.2, 0.25) is 0 Å². The highest BCUT2D eigenvalue weighted by atomic mass is 16.1. The van der Waals surface area contributed by atoms with E-state index in [1.165, 1.54) is 24.0 Å². The minimum Gasteiger partial charge on any atom is -0.296 e. The van der Waals surface area contributed by atoms with Gasteiger partial charge < -0.3 is 0 Å². The highest BCUT2D eigenvalue weighted by molar-refractivity contribution is 5.97. The van der Waals surface area contributed by atoms with Crippen LogP contribution in [0.2, 0.25) is 0 Å². The van der Waals surface area contributed by atoms with Gasteiger partial charge in [0.15, 0.2) is 5.78 Å². The second-order valence-electron chi connectivity index (χ2n) is 4.72. The van der Waals surface area contributed by atoms with Crippen molar-refractivity contribution in [3.63, 3.8) is 0 Å². The van der Waals surface area contributed by atoms with E-state index in [9.17, 15) is 4.79 Å². The molecule has 0 spiro atoms. The molecule has 0 unspecified atom stereocenters. The summed E-state index contributed by atoms with van der Waals surface area (Å²) < 4.78 is 0. The van der Waals surface area contributed by atoms with Crippen molar-refractivity contribution in [3.05, 3.63) is 34.9 Å². The van der Waals surface area contributed by atoms with Crippen LogP contribution >= 0.6 is 0 Å². The van der Waals surface area contributed by atoms with Crippen molar-refractivity contribution in [2.75, 3.05) is 19.6 Å². The van der Waals surface area contributed by atoms with Gasteiger partial charge >= 0.3 is 0 Å². The summed E-state index contributed by atoms with van der Waals surface area (Å²) in [6, 6.07) is 6.24. The summed E-state index contributed by atoms with van der Waals surface area (Å²) in [5.74, 6) is 0.253. The van der Waals surface area contributed by atoms with Crippen LogP contribution in [0.15, 0.2) is 18.2 Å². The van der Waals surface area contributed by atoms with Crippen molar-refractivity contribution in [2.24, 2.45) is 0 Å². The van der Waals surface area contributed by atoms with Gasteiger partial charge in [-0.2, -0.15) is 0 Å². The molecule has 0 heterocycles. The molecular formula is C15H21NO. The minimum absolute atomic E-state index is 0.253. The normalized spacial score (nSPS) is 14.1. The standard InChI is InChI=1S/C15H21NO/c1-3-16(4-2)11-15(17)14-9-8-12-6-5-7-13(12)10-14/h8-10H,3-7,11H2,1-2H3. The quantitative estimate of drug-likeness (QED) is 0.726. The van der Waals surface area contributed by atoms with Crippen molar-refractivity contribution in [2.45, 2.75) is 33.1 Å². The zero-order valence-corrected chi connectivity index (χ0v) is 10.8. The van der Waals surface area contributed by atoms with Crippen molar-refractivity contribution in [3.8, 4) is 0 Å². The molecule has 0 saturated heterocycles. The van der Waals surface area contributed by atoms with E-state index in [4.69, 9.17) is 0 Å². The monoisotopic (exact) mass is 231 g/mol. The van der Waals surface area contributed by atoms with Gasteiger partial charge in [0, 0.05) is 5.56 Å². The molecule has 0 fully saturated rings. The fraction of sp³-hybridized carbons (Fsp3) is 0.533. The Balaban J connectivity index is 2.09. The zero-order chi connectivity index (χ0) is 12.3. The lowest BCUT2D eigenvalue weighted by molar-refractivity contribution is 0.0937. The average Bonchev–Trinajstić information content (AvgIpc) is 2.82. The van der Waals surface area contributed by atoms with Crippen LogP contribution in [0.25, 0.3) is 0 Å². The predicted molar refractivity (Wildman–Crippen MR) is 70.6 cm³/mol. The van der Waals surface area contributed by atoms with Crippen molar-refractivity contribution in [1.82, 2.24) is 4.90 Å². The number of likely N-dealkylation sites (N-methyl/N-ethyl adjacent to an activating group) is 1. The van der Waals surface area contributed by atoms with E-state index >= 15 is 0 Å². The maximum Gasteiger partial charge on any atom is 0.176 e. The Bertz CT molecular complexity index is 407. The van der Waals surface area contributed by atoms with Gasteiger partial charge in [-0.15, -0.1) is 0 Å². The predicted octanol–water partition coefficient (Wildman–Crippen LogP) is 2.70. The summed E-state index contributed by atoms with van der Waals surface area (Å²) in [6.45, 7) is 6.62. The number of rotatable bonds is 5. The van der Waals surface area contributed by atoms with Gasteiger partial charge in [0.05, 0.1) is 6.54 Å². The topological polar surface area (TPSA) is 20.3 Å². The first-order valence-corrected chi connectivity index (χ1v) is 6.62. The van der Waals surface area contributed by atoms with E-state index < -0.39 is 0 Å². The Kier molecular flexibility index (Phi) is 3.95. The van der Waals surface area contributed by atoms with Crippen LogP contribution in [0.5, 0.6) is 0 Å². The molecule has 2 nitrogen and oxygen atoms in total. The summed E-state index contributed by atoms with van der Waals surface area (Å²) in [7, 11) is 0. The van der Waals surface area contributed by atoms with Gasteiger partial charge in [-0.25, -0.2) is 0 Å². The molecule has 0 atom stereocenters. The Morgan fingerprint density at radius 2 is 1.88 bits per heavy atom. The van der Waals surface area contributed by atoms with Crippen LogP contribution in [0, 0.1) is 0 Å². The second-order valence-corrected chi connectivity index (χ2v) is 4.72. The molecule has 1 aliphatic carbocycles. The van der Waals surface area contributed by atoms with Gasteiger partial charge in [0.25, 0.3) is 0 Å². The van der Waals surface area contributed by atoms with E-state index in [2.05, 4.69) is 30.9 Å². The van der Waals surface area contributed by atoms with E-state index in [1.54, 1.807) is 0 Å². The molecule has 1 aromatic carbocycles. The largest absolute Gasteiger partial charge is 0.296 e. The SMILES string of the molecule is CCN(CC)CC(=O)c1ccc2c(c1)CCC2. The van der Waals surface area contributed by atoms with Crippen LogP contribution in [-0.4, -0.2) is 30.3 Å². The second kappa shape index (κ2) is 5.46. The number of carbonyl (C=O) groups excluding carboxylic acids is 1. The number of benzene rings is 1. The molecule has 92 valence electrons. The molecule has 0 saturated carbocycles. The first kappa shape index (κ1) is 12.3. The number of ketones is 1. The lowest BCUT2D eigenvalue weighted by Gasteiger charge is -2.17. The number of Topliss-reactive ketones (excluding diaryl/α,β-unsaturated/α-hetero) is 1. The molecule has 1 aromatic rings. The Hall–Kier alpha value is -1.15. The highest BCUT2D eigenvalue weighted by Crippen LogP contribution is 2.23. The number of fused-ring (bicyclic) bond motifs is 1. The fourth-order valence-electron chi connectivity index (χ4n) is 2.49. The van der Waals surface area contributed by atoms with Crippen LogP contribution < -0.4 is 0 Å². The summed E-state index contributed by atoms with van der Waals surface area (Å²) in [4.78, 5) is 14.3. The molecule has 0 aromatic heterocycles. The van der Waals surface area contributed by atoms with Gasteiger partial charge in [-0.05, 0) is 49.5 Å². The number of aryl methyl sites for hydroxylation is 2. The van der Waals surface area contributed by atoms with Crippen molar-refractivity contribution in [1.29, 1.82) is 0 Å². The molecule has 2 rings (SSSR count). The highest BCUT2D eigenvalue weighted by Gasteiger charge is 2.15. The number of carbonyl (C=O) groups is 1. The van der Waals surface area contributed by atoms with E-state index in [0.29, 0.717) is 6.54 Å². The molecule has 2 heteroatoms. The van der Waals surface area contributed by atoms with E-state index in [-0.39, 0.29) is 5.78 Å². The molecule has 0 amide bonds. The van der Waals surface area contributed by atoms with Crippen LogP contribution in [0.4, 0.5) is 0 Å². The van der Waals surface area contributed by atoms with E-state index in [1.807, 2.05) is 6.07 Å². The van der Waals surface area contributed by atoms with Crippen LogP contribution in [-0.2, 0) is 12.8 Å². The molecule has 0 radical (unpaired) electrons. The Morgan fingerprint density at radius 1 is 1.18 bits per heavy atom. The first-order valence-electron chi connectivity index (χ1n) is 6.62. The molecule has 0 N–H and O–H groups in total. The van der Waals surface area contributed by atoms with E-state index in [0.717, 1.165) is 25.1 Å². The number of hydrogen-bond acceptors (Lipinski definition) is 2. The molecule has 0 bridgehead atoms. The third kappa shape index (κ3) is 2.75. The fourth-order valence-corrected chi connectivity index (χ4v) is 2.49. The lowest BCUT2D eigenvalue weighted by atomic mass is 10.0. The summed E-state index contributed by atoms with van der Waals surface area (Å²) in [5, 5.41) is 0. The summed E-state index contributed by atoms with van der Waals surface area (Å²) >= 11 is 0. The molecular weight excluding hydrogens is 210 g/mol. The third-order valence-electron chi connectivity index (χ3n) is 3.68. The van der Waals surface area contributed by atoms with Gasteiger partial charge in [-0.3, -0.25) is 9.69 Å².